The molecular weight excluding hydrogens is 353 g/mol. The van der Waals surface area contributed by atoms with Gasteiger partial charge in [-0.2, -0.15) is 0 Å². The Hall–Kier alpha value is -3.23. The molecule has 1 aliphatic rings. The van der Waals surface area contributed by atoms with Gasteiger partial charge in [0.1, 0.15) is 5.75 Å². The van der Waals surface area contributed by atoms with Gasteiger partial charge in [0, 0.05) is 30.5 Å². The number of hydrogen-bond donors (Lipinski definition) is 1. The predicted octanol–water partition coefficient (Wildman–Crippen LogP) is 3.73. The fraction of sp³-hybridized carbons (Fsp3) is 0.176. The first kappa shape index (κ1) is 17.6. The van der Waals surface area contributed by atoms with Gasteiger partial charge >= 0.3 is 18.4 Å². The van der Waals surface area contributed by atoms with Crippen LogP contribution in [0.4, 0.5) is 29.3 Å². The number of hydrogen-bond acceptors (Lipinski definition) is 3. The zero-order chi connectivity index (χ0) is 18.9. The molecule has 0 atom stereocenters. The maximum atomic E-state index is 12.6. The number of anilines is 2. The predicted molar refractivity (Wildman–Crippen MR) is 86.6 cm³/mol. The van der Waals surface area contributed by atoms with Crippen LogP contribution in [0, 0.1) is 0 Å². The second-order valence-corrected chi connectivity index (χ2v) is 5.49. The van der Waals surface area contributed by atoms with E-state index in [1.807, 2.05) is 0 Å². The van der Waals surface area contributed by atoms with Gasteiger partial charge in [-0.1, -0.05) is 12.1 Å². The first-order valence-corrected chi connectivity index (χ1v) is 7.53. The summed E-state index contributed by atoms with van der Waals surface area (Å²) in [6.45, 7) is 0.512. The molecule has 0 unspecified atom stereocenters. The summed E-state index contributed by atoms with van der Waals surface area (Å²) in [7, 11) is 0. The molecule has 9 heteroatoms. The van der Waals surface area contributed by atoms with Crippen LogP contribution in [0.1, 0.15) is 10.4 Å². The van der Waals surface area contributed by atoms with E-state index < -0.39 is 24.1 Å². The summed E-state index contributed by atoms with van der Waals surface area (Å²) in [6, 6.07) is 10.6. The molecule has 0 aromatic heterocycles. The molecule has 2 amide bonds. The van der Waals surface area contributed by atoms with Crippen molar-refractivity contribution in [3.63, 3.8) is 0 Å². The number of urea groups is 1. The van der Waals surface area contributed by atoms with Crippen molar-refractivity contribution in [1.29, 1.82) is 0 Å². The zero-order valence-electron chi connectivity index (χ0n) is 13.2. The molecule has 3 rings (SSSR count). The van der Waals surface area contributed by atoms with Crippen LogP contribution in [0.5, 0.6) is 5.75 Å². The highest BCUT2D eigenvalue weighted by atomic mass is 19.4. The van der Waals surface area contributed by atoms with Gasteiger partial charge in [-0.3, -0.25) is 9.80 Å². The standard InChI is InChI=1S/C17H13F3N2O4/c18-17(19,20)26-14-6-2-5-13(10-14)22-8-7-21(16(22)25)12-4-1-3-11(9-12)15(23)24/h1-6,9-10H,7-8H2,(H,23,24). The summed E-state index contributed by atoms with van der Waals surface area (Å²) >= 11 is 0. The number of alkyl halides is 3. The van der Waals surface area contributed by atoms with Gasteiger partial charge in [0.05, 0.1) is 5.56 Å². The molecular formula is C17H13F3N2O4. The minimum Gasteiger partial charge on any atom is -0.478 e. The van der Waals surface area contributed by atoms with Crippen LogP contribution in [0.15, 0.2) is 48.5 Å². The Morgan fingerprint density at radius 2 is 1.58 bits per heavy atom. The Labute approximate surface area is 146 Å². The maximum Gasteiger partial charge on any atom is 0.573 e. The van der Waals surface area contributed by atoms with Crippen molar-refractivity contribution in [2.75, 3.05) is 22.9 Å². The second kappa shape index (κ2) is 6.58. The van der Waals surface area contributed by atoms with E-state index in [-0.39, 0.29) is 24.3 Å². The second-order valence-electron chi connectivity index (χ2n) is 5.49. The van der Waals surface area contributed by atoms with E-state index in [0.717, 1.165) is 12.1 Å². The summed E-state index contributed by atoms with van der Waals surface area (Å²) in [5, 5.41) is 9.05. The van der Waals surface area contributed by atoms with E-state index in [2.05, 4.69) is 4.74 Å². The Kier molecular flexibility index (Phi) is 4.45. The number of ether oxygens (including phenoxy) is 1. The molecule has 0 radical (unpaired) electrons. The molecule has 1 N–H and O–H groups in total. The van der Waals surface area contributed by atoms with E-state index in [0.29, 0.717) is 5.69 Å². The molecule has 26 heavy (non-hydrogen) atoms. The zero-order valence-corrected chi connectivity index (χ0v) is 13.2. The third kappa shape index (κ3) is 3.71. The summed E-state index contributed by atoms with van der Waals surface area (Å²) in [4.78, 5) is 26.4. The first-order valence-electron chi connectivity index (χ1n) is 7.53. The fourth-order valence-electron chi connectivity index (χ4n) is 2.67. The van der Waals surface area contributed by atoms with Crippen LogP contribution in [0.25, 0.3) is 0 Å². The van der Waals surface area contributed by atoms with Crippen molar-refractivity contribution >= 4 is 23.4 Å². The average molecular weight is 366 g/mol. The van der Waals surface area contributed by atoms with Gasteiger partial charge in [0.15, 0.2) is 0 Å². The first-order chi connectivity index (χ1) is 12.2. The largest absolute Gasteiger partial charge is 0.573 e. The van der Waals surface area contributed by atoms with E-state index in [4.69, 9.17) is 5.11 Å². The van der Waals surface area contributed by atoms with Gasteiger partial charge in [-0.05, 0) is 30.3 Å². The van der Waals surface area contributed by atoms with Crippen LogP contribution < -0.4 is 14.5 Å². The number of carboxylic acids is 1. The molecule has 1 fully saturated rings. The summed E-state index contributed by atoms with van der Waals surface area (Å²) < 4.78 is 40.9. The van der Waals surface area contributed by atoms with Gasteiger partial charge in [-0.15, -0.1) is 13.2 Å². The SMILES string of the molecule is O=C(O)c1cccc(N2CCN(c3cccc(OC(F)(F)F)c3)C2=O)c1. The average Bonchev–Trinajstić information content (AvgIpc) is 2.95. The number of carboxylic acid groups (broad SMARTS) is 1. The van der Waals surface area contributed by atoms with Gasteiger partial charge < -0.3 is 9.84 Å². The van der Waals surface area contributed by atoms with Crippen molar-refractivity contribution in [2.24, 2.45) is 0 Å². The highest BCUT2D eigenvalue weighted by Crippen LogP contribution is 2.30. The Balaban J connectivity index is 1.82. The third-order valence-electron chi connectivity index (χ3n) is 3.78. The number of halogens is 3. The maximum absolute atomic E-state index is 12.6. The van der Waals surface area contributed by atoms with Crippen molar-refractivity contribution < 1.29 is 32.6 Å². The highest BCUT2D eigenvalue weighted by Gasteiger charge is 2.33. The molecule has 136 valence electrons. The van der Waals surface area contributed by atoms with E-state index in [9.17, 15) is 22.8 Å². The normalized spacial score (nSPS) is 14.7. The van der Waals surface area contributed by atoms with Crippen molar-refractivity contribution in [2.45, 2.75) is 6.36 Å². The molecule has 0 aliphatic carbocycles. The van der Waals surface area contributed by atoms with Gasteiger partial charge in [0.2, 0.25) is 0 Å². The minimum atomic E-state index is -4.82. The van der Waals surface area contributed by atoms with Crippen LogP contribution in [-0.2, 0) is 0 Å². The smallest absolute Gasteiger partial charge is 0.478 e. The lowest BCUT2D eigenvalue weighted by atomic mass is 10.2. The van der Waals surface area contributed by atoms with Crippen LogP contribution >= 0.6 is 0 Å². The molecule has 0 saturated carbocycles. The quantitative estimate of drug-likeness (QED) is 0.895. The number of carbonyl (C=O) groups is 2. The Bertz CT molecular complexity index is 854. The summed E-state index contributed by atoms with van der Waals surface area (Å²) in [5.74, 6) is -1.54. The molecule has 1 aliphatic heterocycles. The number of amides is 2. The monoisotopic (exact) mass is 366 g/mol. The lowest BCUT2D eigenvalue weighted by Crippen LogP contribution is -2.31. The van der Waals surface area contributed by atoms with E-state index in [1.54, 1.807) is 6.07 Å². The molecule has 2 aromatic rings. The topological polar surface area (TPSA) is 70.1 Å². The Morgan fingerprint density at radius 1 is 1.00 bits per heavy atom. The lowest BCUT2D eigenvalue weighted by molar-refractivity contribution is -0.274. The number of aromatic carboxylic acids is 1. The molecule has 6 nitrogen and oxygen atoms in total. The van der Waals surface area contributed by atoms with Crippen LogP contribution in [-0.4, -0.2) is 36.6 Å². The molecule has 0 bridgehead atoms. The van der Waals surface area contributed by atoms with Gasteiger partial charge in [0.25, 0.3) is 0 Å². The molecule has 2 aromatic carbocycles. The highest BCUT2D eigenvalue weighted by molar-refractivity contribution is 6.06. The number of nitrogens with zero attached hydrogens (tertiary/aromatic N) is 2. The number of carbonyl (C=O) groups excluding carboxylic acids is 1. The number of benzene rings is 2. The Morgan fingerprint density at radius 3 is 2.15 bits per heavy atom. The van der Waals surface area contributed by atoms with E-state index >= 15 is 0 Å². The third-order valence-corrected chi connectivity index (χ3v) is 3.78. The van der Waals surface area contributed by atoms with Crippen LogP contribution in [0.2, 0.25) is 0 Å². The summed E-state index contributed by atoms with van der Waals surface area (Å²) in [5.41, 5.74) is 0.697. The van der Waals surface area contributed by atoms with Gasteiger partial charge in [-0.25, -0.2) is 9.59 Å². The fourth-order valence-corrected chi connectivity index (χ4v) is 2.67. The molecule has 1 heterocycles. The van der Waals surface area contributed by atoms with E-state index in [1.165, 1.54) is 40.1 Å². The van der Waals surface area contributed by atoms with Crippen molar-refractivity contribution in [1.82, 2.24) is 0 Å². The van der Waals surface area contributed by atoms with Crippen molar-refractivity contribution in [3.05, 3.63) is 54.1 Å². The molecule has 1 saturated heterocycles. The number of rotatable bonds is 4. The molecule has 0 spiro atoms. The minimum absolute atomic E-state index is 0.0364. The van der Waals surface area contributed by atoms with Crippen molar-refractivity contribution in [3.8, 4) is 5.75 Å². The lowest BCUT2D eigenvalue weighted by Gasteiger charge is -2.20. The van der Waals surface area contributed by atoms with Crippen LogP contribution in [0.3, 0.4) is 0 Å². The summed E-state index contributed by atoms with van der Waals surface area (Å²) in [6.07, 6.45) is -4.82.